The number of nitrogens with zero attached hydrogens (tertiary/aromatic N) is 1. The molecule has 0 unspecified atom stereocenters. The van der Waals surface area contributed by atoms with Crippen LogP contribution in [0.15, 0.2) is 81.1 Å². The summed E-state index contributed by atoms with van der Waals surface area (Å²) in [6.45, 7) is 0. The molecule has 0 N–H and O–H groups in total. The molecule has 146 valence electrons. The number of sulfone groups is 1. The molecule has 0 atom stereocenters. The molecule has 0 spiro atoms. The molecule has 3 aromatic rings. The Bertz CT molecular complexity index is 1190. The number of benzene rings is 2. The highest BCUT2D eigenvalue weighted by Crippen LogP contribution is 2.30. The van der Waals surface area contributed by atoms with Crippen molar-refractivity contribution in [2.24, 2.45) is 0 Å². The van der Waals surface area contributed by atoms with Gasteiger partial charge in [0.15, 0.2) is 11.5 Å². The number of allylic oxidation sites excluding steroid dienone is 1. The second-order valence-corrected chi connectivity index (χ2v) is 7.63. The molecule has 0 aliphatic heterocycles. The Balaban J connectivity index is 1.93. The molecule has 7 nitrogen and oxygen atoms in total. The Morgan fingerprint density at radius 1 is 1.07 bits per heavy atom. The maximum absolute atomic E-state index is 12.7. The molecular formula is C21H15NO6S. The van der Waals surface area contributed by atoms with E-state index < -0.39 is 20.7 Å². The van der Waals surface area contributed by atoms with Gasteiger partial charge in [0.25, 0.3) is 0 Å². The molecule has 0 amide bonds. The van der Waals surface area contributed by atoms with E-state index in [-0.39, 0.29) is 22.2 Å². The van der Waals surface area contributed by atoms with Crippen molar-refractivity contribution >= 4 is 21.9 Å². The number of carbonyl (C=O) groups is 1. The fourth-order valence-electron chi connectivity index (χ4n) is 2.45. The highest BCUT2D eigenvalue weighted by atomic mass is 32.2. The summed E-state index contributed by atoms with van der Waals surface area (Å²) in [6.07, 6.45) is 2.57. The number of hydrogen-bond acceptors (Lipinski definition) is 7. The Labute approximate surface area is 167 Å². The Morgan fingerprint density at radius 3 is 2.45 bits per heavy atom. The lowest BCUT2D eigenvalue weighted by molar-refractivity contribution is 0.0696. The molecule has 0 fully saturated rings. The van der Waals surface area contributed by atoms with Crippen LogP contribution in [0, 0.1) is 11.3 Å². The predicted molar refractivity (Wildman–Crippen MR) is 104 cm³/mol. The van der Waals surface area contributed by atoms with Crippen molar-refractivity contribution < 1.29 is 27.1 Å². The Hall–Kier alpha value is -3.83. The van der Waals surface area contributed by atoms with Gasteiger partial charge in [-0.25, -0.2) is 13.2 Å². The average molecular weight is 409 g/mol. The SMILES string of the molecule is COc1cc(/C=C(\C#N)S(=O)(=O)c2ccccc2)ccc1OC(=O)c1ccco1. The van der Waals surface area contributed by atoms with E-state index in [0.29, 0.717) is 5.56 Å². The van der Waals surface area contributed by atoms with Gasteiger partial charge in [-0.1, -0.05) is 24.3 Å². The van der Waals surface area contributed by atoms with Crippen LogP contribution in [0.25, 0.3) is 6.08 Å². The first kappa shape index (κ1) is 19.9. The minimum absolute atomic E-state index is 0.0174. The maximum atomic E-state index is 12.7. The molecule has 0 aliphatic rings. The molecule has 8 heteroatoms. The van der Waals surface area contributed by atoms with E-state index in [1.54, 1.807) is 30.3 Å². The summed E-state index contributed by atoms with van der Waals surface area (Å²) in [5.74, 6) is -0.374. The van der Waals surface area contributed by atoms with Crippen LogP contribution >= 0.6 is 0 Å². The first-order valence-corrected chi connectivity index (χ1v) is 9.79. The number of esters is 1. The smallest absolute Gasteiger partial charge is 0.379 e. The van der Waals surface area contributed by atoms with Crippen LogP contribution in [0.3, 0.4) is 0 Å². The fourth-order valence-corrected chi connectivity index (χ4v) is 3.63. The fraction of sp³-hybridized carbons (Fsp3) is 0.0476. The minimum Gasteiger partial charge on any atom is -0.493 e. The van der Waals surface area contributed by atoms with Gasteiger partial charge in [0.2, 0.25) is 15.6 Å². The second kappa shape index (κ2) is 8.46. The summed E-state index contributed by atoms with van der Waals surface area (Å²) < 4.78 is 40.8. The summed E-state index contributed by atoms with van der Waals surface area (Å²) in [5, 5.41) is 9.38. The van der Waals surface area contributed by atoms with Crippen LogP contribution in [0.5, 0.6) is 11.5 Å². The lowest BCUT2D eigenvalue weighted by Crippen LogP contribution is -2.08. The van der Waals surface area contributed by atoms with Crippen molar-refractivity contribution in [1.29, 1.82) is 5.26 Å². The zero-order chi connectivity index (χ0) is 20.9. The van der Waals surface area contributed by atoms with Crippen LogP contribution in [0.4, 0.5) is 0 Å². The van der Waals surface area contributed by atoms with Crippen LogP contribution < -0.4 is 9.47 Å². The summed E-state index contributed by atoms with van der Waals surface area (Å²) in [7, 11) is -2.59. The van der Waals surface area contributed by atoms with Crippen molar-refractivity contribution in [3.05, 3.63) is 83.2 Å². The molecule has 1 heterocycles. The van der Waals surface area contributed by atoms with Gasteiger partial charge < -0.3 is 13.9 Å². The number of furan rings is 1. The summed E-state index contributed by atoms with van der Waals surface area (Å²) >= 11 is 0. The first-order chi connectivity index (χ1) is 14.0. The number of carbonyl (C=O) groups excluding carboxylic acids is 1. The summed E-state index contributed by atoms with van der Waals surface area (Å²) in [4.78, 5) is 11.6. The number of nitriles is 1. The van der Waals surface area contributed by atoms with Gasteiger partial charge in [-0.15, -0.1) is 0 Å². The first-order valence-electron chi connectivity index (χ1n) is 8.31. The van der Waals surface area contributed by atoms with Crippen LogP contribution in [-0.2, 0) is 9.84 Å². The maximum Gasteiger partial charge on any atom is 0.379 e. The van der Waals surface area contributed by atoms with E-state index in [2.05, 4.69) is 0 Å². The third kappa shape index (κ3) is 4.36. The second-order valence-electron chi connectivity index (χ2n) is 5.71. The standard InChI is InChI=1S/C21H15NO6S/c1-26-20-13-15(9-10-18(20)28-21(23)19-8-5-11-27-19)12-17(14-22)29(24,25)16-6-3-2-4-7-16/h2-13H,1H3/b17-12+. The highest BCUT2D eigenvalue weighted by molar-refractivity contribution is 7.95. The minimum atomic E-state index is -3.97. The summed E-state index contributed by atoms with van der Waals surface area (Å²) in [6, 6.07) is 16.8. The topological polar surface area (TPSA) is 107 Å². The van der Waals surface area contributed by atoms with Gasteiger partial charge in [0.1, 0.15) is 11.0 Å². The quantitative estimate of drug-likeness (QED) is 0.346. The predicted octanol–water partition coefficient (Wildman–Crippen LogP) is 3.85. The van der Waals surface area contributed by atoms with Gasteiger partial charge in [-0.3, -0.25) is 0 Å². The van der Waals surface area contributed by atoms with Gasteiger partial charge in [0.05, 0.1) is 18.3 Å². The molecule has 2 aromatic carbocycles. The lowest BCUT2D eigenvalue weighted by Gasteiger charge is -2.09. The van der Waals surface area contributed by atoms with Crippen LogP contribution in [-0.4, -0.2) is 21.5 Å². The van der Waals surface area contributed by atoms with Gasteiger partial charge in [0, 0.05) is 0 Å². The normalized spacial score (nSPS) is 11.5. The molecule has 1 aromatic heterocycles. The number of hydrogen-bond donors (Lipinski definition) is 0. The van der Waals surface area contributed by atoms with Crippen molar-refractivity contribution in [3.63, 3.8) is 0 Å². The van der Waals surface area contributed by atoms with Crippen LogP contribution in [0.2, 0.25) is 0 Å². The highest BCUT2D eigenvalue weighted by Gasteiger charge is 2.21. The Kier molecular flexibility index (Phi) is 5.81. The molecule has 29 heavy (non-hydrogen) atoms. The van der Waals surface area contributed by atoms with Gasteiger partial charge in [-0.05, 0) is 48.0 Å². The van der Waals surface area contributed by atoms with Crippen molar-refractivity contribution in [3.8, 4) is 17.6 Å². The van der Waals surface area contributed by atoms with E-state index in [1.807, 2.05) is 0 Å². The molecule has 3 rings (SSSR count). The third-order valence-electron chi connectivity index (χ3n) is 3.86. The van der Waals surface area contributed by atoms with Crippen molar-refractivity contribution in [2.75, 3.05) is 7.11 Å². The number of rotatable bonds is 6. The van der Waals surface area contributed by atoms with Gasteiger partial charge in [-0.2, -0.15) is 5.26 Å². The van der Waals surface area contributed by atoms with E-state index in [4.69, 9.17) is 13.9 Å². The van der Waals surface area contributed by atoms with E-state index >= 15 is 0 Å². The average Bonchev–Trinajstić information content (AvgIpc) is 3.28. The molecule has 0 radical (unpaired) electrons. The number of ether oxygens (including phenoxy) is 2. The van der Waals surface area contributed by atoms with Crippen molar-refractivity contribution in [1.82, 2.24) is 0 Å². The van der Waals surface area contributed by atoms with E-state index in [0.717, 1.165) is 0 Å². The molecule has 0 saturated heterocycles. The summed E-state index contributed by atoms with van der Waals surface area (Å²) in [5.41, 5.74) is 0.385. The number of methoxy groups -OCH3 is 1. The molecule has 0 aliphatic carbocycles. The zero-order valence-electron chi connectivity index (χ0n) is 15.2. The zero-order valence-corrected chi connectivity index (χ0v) is 16.0. The molecule has 0 saturated carbocycles. The molecular weight excluding hydrogens is 394 g/mol. The lowest BCUT2D eigenvalue weighted by atomic mass is 10.2. The van der Waals surface area contributed by atoms with Gasteiger partial charge >= 0.3 is 5.97 Å². The van der Waals surface area contributed by atoms with Crippen LogP contribution in [0.1, 0.15) is 16.1 Å². The molecule has 0 bridgehead atoms. The van der Waals surface area contributed by atoms with E-state index in [1.165, 1.54) is 55.8 Å². The van der Waals surface area contributed by atoms with E-state index in [9.17, 15) is 18.5 Å². The monoisotopic (exact) mass is 409 g/mol. The van der Waals surface area contributed by atoms with Crippen molar-refractivity contribution in [2.45, 2.75) is 4.90 Å². The third-order valence-corrected chi connectivity index (χ3v) is 5.54. The Morgan fingerprint density at radius 2 is 1.83 bits per heavy atom. The largest absolute Gasteiger partial charge is 0.493 e.